The van der Waals surface area contributed by atoms with Gasteiger partial charge in [-0.05, 0) is 43.5 Å². The highest BCUT2D eigenvalue weighted by molar-refractivity contribution is 5.98. The molecule has 1 aliphatic rings. The fraction of sp³-hybridized carbons (Fsp3) is 0.462. The number of aryl methyl sites for hydroxylation is 1. The lowest BCUT2D eigenvalue weighted by atomic mass is 9.90. The van der Waals surface area contributed by atoms with E-state index >= 15 is 0 Å². The first-order valence-electron chi connectivity index (χ1n) is 5.66. The lowest BCUT2D eigenvalue weighted by molar-refractivity contribution is 0.0545. The topological polar surface area (TPSA) is 52.3 Å². The van der Waals surface area contributed by atoms with Crippen molar-refractivity contribution < 1.29 is 9.53 Å². The van der Waals surface area contributed by atoms with Gasteiger partial charge in [-0.3, -0.25) is 4.79 Å². The number of carbonyl (C=O) groups is 1. The van der Waals surface area contributed by atoms with Crippen LogP contribution in [0, 0.1) is 12.8 Å². The number of ether oxygens (including phenoxy) is 1. The first-order valence-corrected chi connectivity index (χ1v) is 5.66. The van der Waals surface area contributed by atoms with E-state index in [0.717, 1.165) is 29.7 Å². The molecule has 1 aromatic carbocycles. The van der Waals surface area contributed by atoms with Gasteiger partial charge >= 0.3 is 0 Å². The fourth-order valence-electron chi connectivity index (χ4n) is 2.02. The smallest absolute Gasteiger partial charge is 0.166 e. The summed E-state index contributed by atoms with van der Waals surface area (Å²) < 4.78 is 5.26. The molecule has 2 rings (SSSR count). The second-order valence-electron chi connectivity index (χ2n) is 4.32. The molecule has 0 amide bonds. The van der Waals surface area contributed by atoms with Gasteiger partial charge in [0.1, 0.15) is 0 Å². The Bertz CT molecular complexity index is 395. The van der Waals surface area contributed by atoms with Crippen LogP contribution in [0.15, 0.2) is 18.2 Å². The van der Waals surface area contributed by atoms with Crippen LogP contribution in [0.2, 0.25) is 0 Å². The summed E-state index contributed by atoms with van der Waals surface area (Å²) in [5.74, 6) is 0.350. The number of carbonyl (C=O) groups excluding carboxylic acids is 1. The number of hydrogen-bond donors (Lipinski definition) is 1. The van der Waals surface area contributed by atoms with Crippen LogP contribution in [0.4, 0.5) is 5.69 Å². The Labute approximate surface area is 95.6 Å². The van der Waals surface area contributed by atoms with Crippen LogP contribution in [-0.4, -0.2) is 19.0 Å². The van der Waals surface area contributed by atoms with E-state index in [0.29, 0.717) is 13.2 Å². The largest absolute Gasteiger partial charge is 0.399 e. The van der Waals surface area contributed by atoms with Crippen LogP contribution in [0.5, 0.6) is 0 Å². The summed E-state index contributed by atoms with van der Waals surface area (Å²) in [6.07, 6.45) is 1.67. The summed E-state index contributed by atoms with van der Waals surface area (Å²) >= 11 is 0. The van der Waals surface area contributed by atoms with E-state index in [1.165, 1.54) is 0 Å². The molecule has 0 unspecified atom stereocenters. The van der Waals surface area contributed by atoms with Gasteiger partial charge in [-0.1, -0.05) is 0 Å². The summed E-state index contributed by atoms with van der Waals surface area (Å²) in [6.45, 7) is 3.32. The minimum absolute atomic E-state index is 0.122. The minimum atomic E-state index is 0.122. The number of Topliss-reactive ketones (excluding diaryl/α,β-unsaturated/α-hetero) is 1. The first kappa shape index (κ1) is 11.1. The number of benzene rings is 1. The Balaban J connectivity index is 2.16. The second-order valence-corrected chi connectivity index (χ2v) is 4.32. The van der Waals surface area contributed by atoms with E-state index in [4.69, 9.17) is 10.5 Å². The van der Waals surface area contributed by atoms with Gasteiger partial charge in [-0.25, -0.2) is 0 Å². The molecule has 0 spiro atoms. The zero-order chi connectivity index (χ0) is 11.5. The van der Waals surface area contributed by atoms with Crippen LogP contribution in [0.25, 0.3) is 0 Å². The molecule has 3 heteroatoms. The van der Waals surface area contributed by atoms with Gasteiger partial charge in [0.2, 0.25) is 0 Å². The minimum Gasteiger partial charge on any atom is -0.399 e. The SMILES string of the molecule is Cc1cc(C(=O)C2CCOCC2)ccc1N. The summed E-state index contributed by atoms with van der Waals surface area (Å²) in [5, 5.41) is 0. The molecule has 16 heavy (non-hydrogen) atoms. The Morgan fingerprint density at radius 1 is 1.38 bits per heavy atom. The van der Waals surface area contributed by atoms with Crippen LogP contribution in [0.1, 0.15) is 28.8 Å². The van der Waals surface area contributed by atoms with Crippen molar-refractivity contribution in [3.05, 3.63) is 29.3 Å². The van der Waals surface area contributed by atoms with E-state index in [-0.39, 0.29) is 11.7 Å². The second kappa shape index (κ2) is 4.66. The predicted molar refractivity (Wildman–Crippen MR) is 63.5 cm³/mol. The number of nitrogens with two attached hydrogens (primary N) is 1. The molecule has 0 atom stereocenters. The van der Waals surface area contributed by atoms with Crippen molar-refractivity contribution in [2.45, 2.75) is 19.8 Å². The third-order valence-corrected chi connectivity index (χ3v) is 3.15. The number of nitrogen functional groups attached to an aromatic ring is 1. The van der Waals surface area contributed by atoms with Crippen molar-refractivity contribution >= 4 is 11.5 Å². The molecule has 1 aromatic rings. The lowest BCUT2D eigenvalue weighted by Gasteiger charge is -2.21. The van der Waals surface area contributed by atoms with Crippen LogP contribution in [-0.2, 0) is 4.74 Å². The summed E-state index contributed by atoms with van der Waals surface area (Å²) in [5.41, 5.74) is 8.22. The molecule has 1 aliphatic heterocycles. The highest BCUT2D eigenvalue weighted by atomic mass is 16.5. The van der Waals surface area contributed by atoms with Crippen molar-refractivity contribution in [3.63, 3.8) is 0 Å². The first-order chi connectivity index (χ1) is 7.68. The zero-order valence-corrected chi connectivity index (χ0v) is 9.53. The van der Waals surface area contributed by atoms with Crippen molar-refractivity contribution in [2.24, 2.45) is 5.92 Å². The molecule has 0 saturated carbocycles. The van der Waals surface area contributed by atoms with Crippen molar-refractivity contribution in [2.75, 3.05) is 18.9 Å². The van der Waals surface area contributed by atoms with Crippen LogP contribution < -0.4 is 5.73 Å². The van der Waals surface area contributed by atoms with E-state index < -0.39 is 0 Å². The molecule has 3 nitrogen and oxygen atoms in total. The molecule has 0 radical (unpaired) electrons. The van der Waals surface area contributed by atoms with Crippen LogP contribution >= 0.6 is 0 Å². The van der Waals surface area contributed by atoms with Crippen molar-refractivity contribution in [1.29, 1.82) is 0 Å². The van der Waals surface area contributed by atoms with Gasteiger partial charge in [-0.15, -0.1) is 0 Å². The third kappa shape index (κ3) is 2.25. The molecule has 86 valence electrons. The van der Waals surface area contributed by atoms with Gasteiger partial charge in [0, 0.05) is 30.4 Å². The third-order valence-electron chi connectivity index (χ3n) is 3.15. The maximum Gasteiger partial charge on any atom is 0.166 e. The maximum absolute atomic E-state index is 12.2. The predicted octanol–water partition coefficient (Wildman–Crippen LogP) is 2.19. The Morgan fingerprint density at radius 2 is 2.06 bits per heavy atom. The summed E-state index contributed by atoms with van der Waals surface area (Å²) in [7, 11) is 0. The quantitative estimate of drug-likeness (QED) is 0.612. The molecule has 1 fully saturated rings. The molecule has 0 aromatic heterocycles. The molecule has 1 heterocycles. The molecule has 0 bridgehead atoms. The van der Waals surface area contributed by atoms with Gasteiger partial charge in [0.15, 0.2) is 5.78 Å². The van der Waals surface area contributed by atoms with Crippen molar-refractivity contribution in [1.82, 2.24) is 0 Å². The van der Waals surface area contributed by atoms with Gasteiger partial charge in [-0.2, -0.15) is 0 Å². The number of hydrogen-bond acceptors (Lipinski definition) is 3. The number of ketones is 1. The molecular weight excluding hydrogens is 202 g/mol. The maximum atomic E-state index is 12.2. The molecule has 1 saturated heterocycles. The fourth-order valence-corrected chi connectivity index (χ4v) is 2.02. The number of anilines is 1. The highest BCUT2D eigenvalue weighted by Crippen LogP contribution is 2.22. The zero-order valence-electron chi connectivity index (χ0n) is 9.53. The summed E-state index contributed by atoms with van der Waals surface area (Å²) in [6, 6.07) is 5.51. The van der Waals surface area contributed by atoms with Crippen molar-refractivity contribution in [3.8, 4) is 0 Å². The lowest BCUT2D eigenvalue weighted by Crippen LogP contribution is -2.23. The standard InChI is InChI=1S/C13H17NO2/c1-9-8-11(2-3-12(9)14)13(15)10-4-6-16-7-5-10/h2-3,8,10H,4-7,14H2,1H3. The number of rotatable bonds is 2. The van der Waals surface area contributed by atoms with Gasteiger partial charge < -0.3 is 10.5 Å². The monoisotopic (exact) mass is 219 g/mol. The average Bonchev–Trinajstić information content (AvgIpc) is 2.33. The van der Waals surface area contributed by atoms with E-state index in [9.17, 15) is 4.79 Å². The van der Waals surface area contributed by atoms with Gasteiger partial charge in [0.05, 0.1) is 0 Å². The van der Waals surface area contributed by atoms with E-state index in [1.54, 1.807) is 0 Å². The highest BCUT2D eigenvalue weighted by Gasteiger charge is 2.22. The molecule has 2 N–H and O–H groups in total. The van der Waals surface area contributed by atoms with E-state index in [2.05, 4.69) is 0 Å². The normalized spacial score (nSPS) is 17.3. The molecular formula is C13H17NO2. The average molecular weight is 219 g/mol. The van der Waals surface area contributed by atoms with E-state index in [1.807, 2.05) is 25.1 Å². The van der Waals surface area contributed by atoms with Crippen LogP contribution in [0.3, 0.4) is 0 Å². The Kier molecular flexibility index (Phi) is 3.25. The van der Waals surface area contributed by atoms with Gasteiger partial charge in [0.25, 0.3) is 0 Å². The summed E-state index contributed by atoms with van der Waals surface area (Å²) in [4.78, 5) is 12.2. The Hall–Kier alpha value is -1.35. The molecule has 0 aliphatic carbocycles. The Morgan fingerprint density at radius 3 is 2.69 bits per heavy atom.